The second kappa shape index (κ2) is 7.51. The van der Waals surface area contributed by atoms with Crippen LogP contribution in [0.2, 0.25) is 0 Å². The second-order valence-corrected chi connectivity index (χ2v) is 6.50. The summed E-state index contributed by atoms with van der Waals surface area (Å²) in [4.78, 5) is 27.0. The molecule has 25 heavy (non-hydrogen) atoms. The third-order valence-electron chi connectivity index (χ3n) is 4.48. The molecule has 0 saturated carbocycles. The highest BCUT2D eigenvalue weighted by Crippen LogP contribution is 2.19. The molecule has 2 aromatic rings. The van der Waals surface area contributed by atoms with Gasteiger partial charge in [0.25, 0.3) is 0 Å². The van der Waals surface area contributed by atoms with Crippen molar-refractivity contribution in [3.05, 3.63) is 47.7 Å². The monoisotopic (exact) mass is 339 g/mol. The molecule has 0 N–H and O–H groups in total. The van der Waals surface area contributed by atoms with Gasteiger partial charge in [0, 0.05) is 58.5 Å². The van der Waals surface area contributed by atoms with Gasteiger partial charge in [-0.2, -0.15) is 4.98 Å². The van der Waals surface area contributed by atoms with E-state index >= 15 is 0 Å². The molecule has 3 rings (SSSR count). The number of aromatic nitrogens is 2. The minimum Gasteiger partial charge on any atom is -0.353 e. The molecule has 132 valence electrons. The summed E-state index contributed by atoms with van der Waals surface area (Å²) in [5.74, 6) is 1.81. The fraction of sp³-hybridized carbons (Fsp3) is 0.421. The van der Waals surface area contributed by atoms with Crippen molar-refractivity contribution in [1.82, 2.24) is 14.9 Å². The van der Waals surface area contributed by atoms with Crippen molar-refractivity contribution in [2.24, 2.45) is 0 Å². The lowest BCUT2D eigenvalue weighted by atomic mass is 10.2. The van der Waals surface area contributed by atoms with Crippen molar-refractivity contribution >= 4 is 17.7 Å². The molecular weight excluding hydrogens is 314 g/mol. The summed E-state index contributed by atoms with van der Waals surface area (Å²) in [6.07, 6.45) is 0. The summed E-state index contributed by atoms with van der Waals surface area (Å²) in [5, 5.41) is 0. The fourth-order valence-electron chi connectivity index (χ4n) is 3.05. The van der Waals surface area contributed by atoms with Crippen molar-refractivity contribution in [2.75, 3.05) is 43.0 Å². The van der Waals surface area contributed by atoms with E-state index in [9.17, 15) is 4.79 Å². The number of anilines is 2. The maximum atomic E-state index is 11.5. The van der Waals surface area contributed by atoms with E-state index in [1.807, 2.05) is 43.1 Å². The summed E-state index contributed by atoms with van der Waals surface area (Å²) in [6, 6.07) is 12.3. The number of nitrogens with zero attached hydrogens (tertiary/aromatic N) is 5. The maximum Gasteiger partial charge on any atom is 0.227 e. The minimum absolute atomic E-state index is 0.141. The normalized spacial score (nSPS) is 14.5. The number of hydrogen-bond acceptors (Lipinski definition) is 5. The molecule has 1 aromatic carbocycles. The highest BCUT2D eigenvalue weighted by atomic mass is 16.2. The minimum atomic E-state index is 0.141. The zero-order chi connectivity index (χ0) is 17.8. The van der Waals surface area contributed by atoms with Crippen LogP contribution in [0.25, 0.3) is 0 Å². The number of aryl methyl sites for hydroxylation is 1. The topological polar surface area (TPSA) is 52.6 Å². The third-order valence-corrected chi connectivity index (χ3v) is 4.48. The Bertz CT molecular complexity index is 726. The molecule has 6 nitrogen and oxygen atoms in total. The molecule has 0 unspecified atom stereocenters. The van der Waals surface area contributed by atoms with Gasteiger partial charge in [-0.1, -0.05) is 30.3 Å². The van der Waals surface area contributed by atoms with Crippen molar-refractivity contribution < 1.29 is 4.79 Å². The number of hydrogen-bond donors (Lipinski definition) is 0. The maximum absolute atomic E-state index is 11.5. The Kier molecular flexibility index (Phi) is 5.16. The summed E-state index contributed by atoms with van der Waals surface area (Å²) in [6.45, 7) is 7.48. The van der Waals surface area contributed by atoms with Crippen LogP contribution < -0.4 is 9.80 Å². The summed E-state index contributed by atoms with van der Waals surface area (Å²) >= 11 is 0. The van der Waals surface area contributed by atoms with Gasteiger partial charge in [-0.05, 0) is 12.5 Å². The van der Waals surface area contributed by atoms with Crippen LogP contribution in [0.3, 0.4) is 0 Å². The Morgan fingerprint density at radius 3 is 2.44 bits per heavy atom. The molecule has 6 heteroatoms. The van der Waals surface area contributed by atoms with Gasteiger partial charge in [0.15, 0.2) is 0 Å². The average Bonchev–Trinajstić information content (AvgIpc) is 2.62. The fourth-order valence-corrected chi connectivity index (χ4v) is 3.05. The Hall–Kier alpha value is -2.63. The van der Waals surface area contributed by atoms with Gasteiger partial charge >= 0.3 is 0 Å². The molecule has 1 fully saturated rings. The van der Waals surface area contributed by atoms with Crippen LogP contribution in [0.1, 0.15) is 18.2 Å². The lowest BCUT2D eigenvalue weighted by Crippen LogP contribution is -2.48. The van der Waals surface area contributed by atoms with Gasteiger partial charge in [0.2, 0.25) is 11.9 Å². The molecule has 0 spiro atoms. The van der Waals surface area contributed by atoms with Crippen LogP contribution in [0.15, 0.2) is 36.4 Å². The number of rotatable bonds is 4. The Labute approximate surface area is 149 Å². The zero-order valence-electron chi connectivity index (χ0n) is 15.1. The number of carbonyl (C=O) groups excluding carboxylic acids is 1. The highest BCUT2D eigenvalue weighted by Gasteiger charge is 2.20. The number of piperazine rings is 1. The lowest BCUT2D eigenvalue weighted by Gasteiger charge is -2.35. The number of amides is 1. The largest absolute Gasteiger partial charge is 0.353 e. The molecule has 0 radical (unpaired) electrons. The molecule has 1 saturated heterocycles. The standard InChI is InChI=1S/C19H25N5O/c1-15-13-18(24-11-9-23(10-12-24)16(2)25)21-19(20-15)22(3)14-17-7-5-4-6-8-17/h4-8,13H,9-12,14H2,1-3H3. The first-order chi connectivity index (χ1) is 12.0. The van der Waals surface area contributed by atoms with Gasteiger partial charge in [-0.3, -0.25) is 4.79 Å². The van der Waals surface area contributed by atoms with E-state index in [1.54, 1.807) is 6.92 Å². The van der Waals surface area contributed by atoms with E-state index in [2.05, 4.69) is 26.9 Å². The Morgan fingerprint density at radius 2 is 1.80 bits per heavy atom. The van der Waals surface area contributed by atoms with Crippen LogP contribution in [0.4, 0.5) is 11.8 Å². The molecule has 1 aliphatic rings. The van der Waals surface area contributed by atoms with Gasteiger partial charge in [0.05, 0.1) is 0 Å². The van der Waals surface area contributed by atoms with Crippen LogP contribution in [0.5, 0.6) is 0 Å². The van der Waals surface area contributed by atoms with Gasteiger partial charge in [-0.25, -0.2) is 4.98 Å². The summed E-state index contributed by atoms with van der Waals surface area (Å²) in [5.41, 5.74) is 2.18. The van der Waals surface area contributed by atoms with Crippen molar-refractivity contribution in [3.8, 4) is 0 Å². The van der Waals surface area contributed by atoms with Crippen molar-refractivity contribution in [2.45, 2.75) is 20.4 Å². The zero-order valence-corrected chi connectivity index (χ0v) is 15.1. The molecule has 0 bridgehead atoms. The van der Waals surface area contributed by atoms with E-state index in [-0.39, 0.29) is 5.91 Å². The van der Waals surface area contributed by atoms with Crippen LogP contribution >= 0.6 is 0 Å². The van der Waals surface area contributed by atoms with E-state index < -0.39 is 0 Å². The van der Waals surface area contributed by atoms with Gasteiger partial charge in [0.1, 0.15) is 5.82 Å². The van der Waals surface area contributed by atoms with Gasteiger partial charge < -0.3 is 14.7 Å². The van der Waals surface area contributed by atoms with Crippen molar-refractivity contribution in [3.63, 3.8) is 0 Å². The van der Waals surface area contributed by atoms with E-state index in [0.29, 0.717) is 0 Å². The number of carbonyl (C=O) groups is 1. The molecule has 0 atom stereocenters. The lowest BCUT2D eigenvalue weighted by molar-refractivity contribution is -0.129. The number of benzene rings is 1. The van der Waals surface area contributed by atoms with Crippen LogP contribution in [0, 0.1) is 6.92 Å². The molecule has 1 aliphatic heterocycles. The summed E-state index contributed by atoms with van der Waals surface area (Å²) in [7, 11) is 2.01. The molecule has 1 amide bonds. The predicted octanol–water partition coefficient (Wildman–Crippen LogP) is 2.09. The second-order valence-electron chi connectivity index (χ2n) is 6.50. The van der Waals surface area contributed by atoms with E-state index in [1.165, 1.54) is 5.56 Å². The Balaban J connectivity index is 1.73. The first-order valence-electron chi connectivity index (χ1n) is 8.64. The van der Waals surface area contributed by atoms with Crippen LogP contribution in [-0.4, -0.2) is 54.0 Å². The van der Waals surface area contributed by atoms with Crippen LogP contribution in [-0.2, 0) is 11.3 Å². The highest BCUT2D eigenvalue weighted by molar-refractivity contribution is 5.73. The molecule has 1 aromatic heterocycles. The third kappa shape index (κ3) is 4.26. The molecule has 2 heterocycles. The van der Waals surface area contributed by atoms with E-state index in [0.717, 1.165) is 50.2 Å². The first-order valence-corrected chi connectivity index (χ1v) is 8.64. The quantitative estimate of drug-likeness (QED) is 0.854. The van der Waals surface area contributed by atoms with Gasteiger partial charge in [-0.15, -0.1) is 0 Å². The Morgan fingerprint density at radius 1 is 1.12 bits per heavy atom. The smallest absolute Gasteiger partial charge is 0.227 e. The summed E-state index contributed by atoms with van der Waals surface area (Å²) < 4.78 is 0. The average molecular weight is 339 g/mol. The van der Waals surface area contributed by atoms with Crippen molar-refractivity contribution in [1.29, 1.82) is 0 Å². The van der Waals surface area contributed by atoms with E-state index in [4.69, 9.17) is 4.98 Å². The first kappa shape index (κ1) is 17.2. The SMILES string of the molecule is CC(=O)N1CCN(c2cc(C)nc(N(C)Cc3ccccc3)n2)CC1. The molecule has 0 aliphatic carbocycles. The predicted molar refractivity (Wildman–Crippen MR) is 99.8 cm³/mol. The molecular formula is C19H25N5O.